The largest absolute Gasteiger partial charge is 0.390 e. The van der Waals surface area contributed by atoms with Crippen LogP contribution in [0.5, 0.6) is 0 Å². The lowest BCUT2D eigenvalue weighted by atomic mass is 10.1. The standard InChI is InChI=1S/C27H31ClF5N5O4S/c1-16-15-38(10-9-37(16)8-6-27(31,32)33)21-12-18(28)3-5-20(21)36-25(39)19-4-2-17(23(29)24(19)30)13-35-26(40)22-14-34-7-11-43(22,41)42/h2-5,12,16,22,34H,6-11,13-15H2,1H3,(H,35,40)(H,36,39)/t16-,22-/m0/s1. The van der Waals surface area contributed by atoms with Gasteiger partial charge in [-0.25, -0.2) is 17.2 Å². The fourth-order valence-corrected chi connectivity index (χ4v) is 6.71. The Morgan fingerprint density at radius 1 is 1.12 bits per heavy atom. The predicted molar refractivity (Wildman–Crippen MR) is 152 cm³/mol. The molecular weight excluding hydrogens is 621 g/mol. The number of nitrogens with zero attached hydrogens (tertiary/aromatic N) is 2. The van der Waals surface area contributed by atoms with Crippen molar-refractivity contribution in [1.82, 2.24) is 15.5 Å². The fourth-order valence-electron chi connectivity index (χ4n) is 5.05. The quantitative estimate of drug-likeness (QED) is 0.376. The van der Waals surface area contributed by atoms with Crippen molar-refractivity contribution in [3.8, 4) is 0 Å². The van der Waals surface area contributed by atoms with E-state index in [4.69, 9.17) is 11.6 Å². The molecule has 4 rings (SSSR count). The zero-order chi connectivity index (χ0) is 31.5. The van der Waals surface area contributed by atoms with E-state index in [9.17, 15) is 35.6 Å². The lowest BCUT2D eigenvalue weighted by molar-refractivity contribution is -0.139. The van der Waals surface area contributed by atoms with Gasteiger partial charge in [-0.2, -0.15) is 13.2 Å². The second-order valence-corrected chi connectivity index (χ2v) is 13.2. The number of amides is 2. The maximum Gasteiger partial charge on any atom is 0.390 e. The van der Waals surface area contributed by atoms with Crippen LogP contribution in [0.2, 0.25) is 5.02 Å². The molecule has 9 nitrogen and oxygen atoms in total. The third-order valence-electron chi connectivity index (χ3n) is 7.48. The topological polar surface area (TPSA) is 111 Å². The molecule has 0 radical (unpaired) electrons. The van der Waals surface area contributed by atoms with Crippen molar-refractivity contribution in [3.05, 3.63) is 58.1 Å². The van der Waals surface area contributed by atoms with E-state index in [1.807, 2.05) is 4.90 Å². The molecule has 236 valence electrons. The Morgan fingerprint density at radius 2 is 1.86 bits per heavy atom. The smallest absolute Gasteiger partial charge is 0.367 e. The van der Waals surface area contributed by atoms with Gasteiger partial charge >= 0.3 is 6.18 Å². The van der Waals surface area contributed by atoms with Crippen molar-refractivity contribution in [2.75, 3.05) is 55.2 Å². The van der Waals surface area contributed by atoms with E-state index < -0.39 is 63.2 Å². The molecule has 0 saturated carbocycles. The Hall–Kier alpha value is -3.01. The van der Waals surface area contributed by atoms with Gasteiger partial charge in [0, 0.05) is 62.4 Å². The molecule has 43 heavy (non-hydrogen) atoms. The average Bonchev–Trinajstić information content (AvgIpc) is 2.93. The molecule has 2 aliphatic heterocycles. The van der Waals surface area contributed by atoms with Crippen LogP contribution in [0.1, 0.15) is 29.3 Å². The van der Waals surface area contributed by atoms with Gasteiger partial charge in [-0.15, -0.1) is 0 Å². The van der Waals surface area contributed by atoms with Gasteiger partial charge in [-0.1, -0.05) is 17.7 Å². The van der Waals surface area contributed by atoms with Gasteiger partial charge in [0.1, 0.15) is 0 Å². The number of rotatable bonds is 8. The number of anilines is 2. The van der Waals surface area contributed by atoms with Gasteiger partial charge in [0.25, 0.3) is 5.91 Å². The number of piperazine rings is 1. The summed E-state index contributed by atoms with van der Waals surface area (Å²) < 4.78 is 92.3. The highest BCUT2D eigenvalue weighted by Crippen LogP contribution is 2.32. The van der Waals surface area contributed by atoms with E-state index in [2.05, 4.69) is 16.0 Å². The van der Waals surface area contributed by atoms with E-state index in [-0.39, 0.29) is 42.7 Å². The average molecular weight is 652 g/mol. The Labute approximate surface area is 250 Å². The van der Waals surface area contributed by atoms with Crippen LogP contribution in [0, 0.1) is 11.6 Å². The fraction of sp³-hybridized carbons (Fsp3) is 0.481. The third kappa shape index (κ3) is 8.13. The maximum atomic E-state index is 15.0. The summed E-state index contributed by atoms with van der Waals surface area (Å²) in [7, 11) is -3.67. The molecule has 2 aromatic rings. The first-order valence-electron chi connectivity index (χ1n) is 13.5. The van der Waals surface area contributed by atoms with E-state index >= 15 is 4.39 Å². The minimum atomic E-state index is -4.27. The molecule has 16 heteroatoms. The van der Waals surface area contributed by atoms with E-state index in [0.717, 1.165) is 12.1 Å². The monoisotopic (exact) mass is 651 g/mol. The number of nitrogens with one attached hydrogen (secondary N) is 3. The van der Waals surface area contributed by atoms with E-state index in [1.165, 1.54) is 12.1 Å². The molecule has 0 spiro atoms. The number of sulfone groups is 1. The van der Waals surface area contributed by atoms with Crippen LogP contribution in [-0.2, 0) is 21.2 Å². The Balaban J connectivity index is 1.44. The van der Waals surface area contributed by atoms with Crippen LogP contribution in [0.4, 0.5) is 33.3 Å². The summed E-state index contributed by atoms with van der Waals surface area (Å²) in [5, 5.41) is 6.66. The molecule has 2 fully saturated rings. The van der Waals surface area contributed by atoms with Gasteiger partial charge < -0.3 is 20.9 Å². The summed E-state index contributed by atoms with van der Waals surface area (Å²) in [6.45, 7) is 2.28. The molecule has 2 aromatic carbocycles. The first-order chi connectivity index (χ1) is 20.2. The molecule has 3 N–H and O–H groups in total. The number of benzene rings is 2. The summed E-state index contributed by atoms with van der Waals surface area (Å²) in [5.74, 6) is -4.87. The molecule has 2 heterocycles. The summed E-state index contributed by atoms with van der Waals surface area (Å²) in [6.07, 6.45) is -5.19. The minimum Gasteiger partial charge on any atom is -0.367 e. The molecule has 2 saturated heterocycles. The second kappa shape index (κ2) is 13.3. The maximum absolute atomic E-state index is 15.0. The van der Waals surface area contributed by atoms with Gasteiger partial charge in [-0.3, -0.25) is 14.5 Å². The van der Waals surface area contributed by atoms with Crippen LogP contribution in [0.25, 0.3) is 0 Å². The summed E-state index contributed by atoms with van der Waals surface area (Å²) >= 11 is 6.18. The summed E-state index contributed by atoms with van der Waals surface area (Å²) in [4.78, 5) is 29.0. The first-order valence-corrected chi connectivity index (χ1v) is 15.6. The highest BCUT2D eigenvalue weighted by molar-refractivity contribution is 7.92. The number of carbonyl (C=O) groups excluding carboxylic acids is 2. The van der Waals surface area contributed by atoms with Crippen LogP contribution >= 0.6 is 11.6 Å². The zero-order valence-electron chi connectivity index (χ0n) is 23.1. The summed E-state index contributed by atoms with van der Waals surface area (Å²) in [5.41, 5.74) is -0.190. The van der Waals surface area contributed by atoms with Crippen molar-refractivity contribution in [2.45, 2.75) is 37.4 Å². The van der Waals surface area contributed by atoms with Crippen LogP contribution in [-0.4, -0.2) is 87.6 Å². The zero-order valence-corrected chi connectivity index (χ0v) is 24.7. The lowest BCUT2D eigenvalue weighted by Crippen LogP contribution is -2.52. The van der Waals surface area contributed by atoms with Crippen molar-refractivity contribution in [2.24, 2.45) is 0 Å². The molecule has 0 unspecified atom stereocenters. The number of alkyl halides is 3. The SMILES string of the molecule is C[C@H]1CN(c2cc(Cl)ccc2NC(=O)c2ccc(CNC(=O)[C@@H]3CNCCS3(=O)=O)c(F)c2F)CCN1CCC(F)(F)F. The summed E-state index contributed by atoms with van der Waals surface area (Å²) in [6, 6.07) is 6.47. The Morgan fingerprint density at radius 3 is 2.53 bits per heavy atom. The lowest BCUT2D eigenvalue weighted by Gasteiger charge is -2.41. The van der Waals surface area contributed by atoms with Gasteiger partial charge in [0.05, 0.1) is 29.1 Å². The Bertz CT molecular complexity index is 1480. The molecule has 0 aromatic heterocycles. The minimum absolute atomic E-state index is 0.0938. The van der Waals surface area contributed by atoms with Gasteiger partial charge in [0.15, 0.2) is 26.7 Å². The third-order valence-corrected chi connectivity index (χ3v) is 9.73. The van der Waals surface area contributed by atoms with Crippen LogP contribution in [0.15, 0.2) is 30.3 Å². The molecule has 2 aliphatic rings. The number of hydrogen-bond acceptors (Lipinski definition) is 7. The molecule has 0 aliphatic carbocycles. The van der Waals surface area contributed by atoms with Crippen molar-refractivity contribution in [3.63, 3.8) is 0 Å². The first kappa shape index (κ1) is 32.9. The van der Waals surface area contributed by atoms with Gasteiger partial charge in [0.2, 0.25) is 5.91 Å². The Kier molecular flexibility index (Phi) is 10.2. The van der Waals surface area contributed by atoms with E-state index in [0.29, 0.717) is 30.3 Å². The number of halogens is 6. The van der Waals surface area contributed by atoms with Crippen molar-refractivity contribution >= 4 is 44.6 Å². The molecule has 2 atom stereocenters. The second-order valence-electron chi connectivity index (χ2n) is 10.5. The van der Waals surface area contributed by atoms with Crippen molar-refractivity contribution in [1.29, 1.82) is 0 Å². The van der Waals surface area contributed by atoms with E-state index in [1.54, 1.807) is 17.9 Å². The molecule has 0 bridgehead atoms. The predicted octanol–water partition coefficient (Wildman–Crippen LogP) is 3.34. The normalized spacial score (nSPS) is 21.0. The highest BCUT2D eigenvalue weighted by atomic mass is 35.5. The number of carbonyl (C=O) groups is 2. The van der Waals surface area contributed by atoms with Gasteiger partial charge in [-0.05, 0) is 31.2 Å². The highest BCUT2D eigenvalue weighted by Gasteiger charge is 2.35. The molecule has 2 amide bonds. The van der Waals surface area contributed by atoms with Crippen LogP contribution in [0.3, 0.4) is 0 Å². The number of hydrogen-bond donors (Lipinski definition) is 3. The van der Waals surface area contributed by atoms with Crippen LogP contribution < -0.4 is 20.9 Å². The van der Waals surface area contributed by atoms with Crippen molar-refractivity contribution < 1.29 is 40.0 Å². The molecular formula is C27H31ClF5N5O4S.